The summed E-state index contributed by atoms with van der Waals surface area (Å²) in [7, 11) is 0. The third-order valence-corrected chi connectivity index (χ3v) is 8.36. The first kappa shape index (κ1) is 32.2. The van der Waals surface area contributed by atoms with E-state index in [0.717, 1.165) is 57.8 Å². The molecule has 0 atom stereocenters. The zero-order valence-corrected chi connectivity index (χ0v) is 24.4. The van der Waals surface area contributed by atoms with Gasteiger partial charge in [0.15, 0.2) is 0 Å². The zero-order chi connectivity index (χ0) is 24.9. The van der Waals surface area contributed by atoms with E-state index in [4.69, 9.17) is 9.05 Å². The number of hydrogen-bond acceptors (Lipinski definition) is 6. The summed E-state index contributed by atoms with van der Waals surface area (Å²) in [4.78, 5) is 36.7. The molecule has 33 heavy (non-hydrogen) atoms. The van der Waals surface area contributed by atoms with Gasteiger partial charge in [-0.15, -0.1) is 0 Å². The summed E-state index contributed by atoms with van der Waals surface area (Å²) in [5, 5.41) is 0. The summed E-state index contributed by atoms with van der Waals surface area (Å²) < 4.78 is 16.1. The molecular weight excluding hydrogens is 530 g/mol. The summed E-state index contributed by atoms with van der Waals surface area (Å²) in [6.07, 6.45) is 13.9. The first-order chi connectivity index (χ1) is 15.7. The fraction of sp³-hybridized carbons (Fsp3) is 0.885. The van der Waals surface area contributed by atoms with Gasteiger partial charge in [0.2, 0.25) is 0 Å². The Labute approximate surface area is 211 Å². The zero-order valence-electron chi connectivity index (χ0n) is 21.9. The summed E-state index contributed by atoms with van der Waals surface area (Å²) in [6.45, 7) is 10.8. The van der Waals surface area contributed by atoms with Gasteiger partial charge in [-0.05, 0) is 0 Å². The van der Waals surface area contributed by atoms with Crippen LogP contribution in [0.15, 0.2) is 0 Å². The minimum absolute atomic E-state index is 0.259. The molecule has 0 saturated heterocycles. The Kier molecular flexibility index (Phi) is 21.2. The number of carbonyl (C=O) groups is 3. The van der Waals surface area contributed by atoms with E-state index in [1.54, 1.807) is 0 Å². The van der Waals surface area contributed by atoms with Crippen molar-refractivity contribution < 1.29 is 23.4 Å². The molecule has 0 aliphatic heterocycles. The average molecular weight is 579 g/mol. The summed E-state index contributed by atoms with van der Waals surface area (Å²) >= 11 is -3.68. The van der Waals surface area contributed by atoms with Crippen molar-refractivity contribution in [2.75, 3.05) is 0 Å². The van der Waals surface area contributed by atoms with Crippen molar-refractivity contribution in [3.05, 3.63) is 0 Å². The number of carbonyl (C=O) groups excluding carboxylic acids is 3. The van der Waals surface area contributed by atoms with Crippen molar-refractivity contribution >= 4 is 39.4 Å². The van der Waals surface area contributed by atoms with Crippen LogP contribution < -0.4 is 0 Å². The fourth-order valence-corrected chi connectivity index (χ4v) is 5.84. The van der Waals surface area contributed by atoms with Crippen molar-refractivity contribution in [2.24, 2.45) is 11.8 Å². The van der Waals surface area contributed by atoms with Crippen LogP contribution in [0.4, 0.5) is 0 Å². The molecular formula is C26H49O6Sb. The van der Waals surface area contributed by atoms with Crippen molar-refractivity contribution in [1.82, 2.24) is 0 Å². The molecule has 0 fully saturated rings. The first-order valence-corrected chi connectivity index (χ1v) is 16.3. The van der Waals surface area contributed by atoms with E-state index in [2.05, 4.69) is 34.6 Å². The van der Waals surface area contributed by atoms with Gasteiger partial charge in [-0.3, -0.25) is 0 Å². The van der Waals surface area contributed by atoms with E-state index in [0.29, 0.717) is 11.8 Å². The molecule has 7 heteroatoms. The second-order valence-electron chi connectivity index (χ2n) is 9.76. The topological polar surface area (TPSA) is 78.9 Å². The SMILES string of the molecule is CCCCCCCCCC(=O)[O][Sb]([O]C(=O)CCCCC(C)C)[O]C(=O)CCCCC(C)C. The second-order valence-corrected chi connectivity index (χ2v) is 12.6. The van der Waals surface area contributed by atoms with Gasteiger partial charge in [0, 0.05) is 0 Å². The molecule has 0 spiro atoms. The third kappa shape index (κ3) is 22.8. The van der Waals surface area contributed by atoms with E-state index in [1.165, 1.54) is 25.7 Å². The van der Waals surface area contributed by atoms with Gasteiger partial charge in [-0.25, -0.2) is 0 Å². The monoisotopic (exact) mass is 578 g/mol. The molecule has 0 heterocycles. The molecule has 6 nitrogen and oxygen atoms in total. The molecule has 0 unspecified atom stereocenters. The van der Waals surface area contributed by atoms with E-state index in [9.17, 15) is 14.4 Å². The summed E-state index contributed by atoms with van der Waals surface area (Å²) in [6, 6.07) is 0. The maximum absolute atomic E-state index is 12.3. The van der Waals surface area contributed by atoms with Crippen LogP contribution >= 0.6 is 0 Å². The van der Waals surface area contributed by atoms with Gasteiger partial charge in [0.1, 0.15) is 0 Å². The summed E-state index contributed by atoms with van der Waals surface area (Å²) in [5.41, 5.74) is 0. The van der Waals surface area contributed by atoms with Crippen LogP contribution in [0.2, 0.25) is 0 Å². The van der Waals surface area contributed by atoms with Crippen LogP contribution in [0.1, 0.15) is 137 Å². The number of hydrogen-bond donors (Lipinski definition) is 0. The average Bonchev–Trinajstić information content (AvgIpc) is 2.73. The van der Waals surface area contributed by atoms with E-state index in [-0.39, 0.29) is 19.3 Å². The Morgan fingerprint density at radius 2 is 0.879 bits per heavy atom. The Bertz CT molecular complexity index is 491. The van der Waals surface area contributed by atoms with Gasteiger partial charge in [-0.1, -0.05) is 0 Å². The van der Waals surface area contributed by atoms with Gasteiger partial charge < -0.3 is 0 Å². The predicted octanol–water partition coefficient (Wildman–Crippen LogP) is 7.17. The Hall–Kier alpha value is -0.772. The molecule has 0 aromatic heterocycles. The van der Waals surface area contributed by atoms with Gasteiger partial charge >= 0.3 is 212 Å². The molecule has 0 radical (unpaired) electrons. The van der Waals surface area contributed by atoms with Crippen LogP contribution in [-0.2, 0) is 23.4 Å². The quantitative estimate of drug-likeness (QED) is 0.106. The molecule has 0 aromatic carbocycles. The molecule has 0 aromatic rings. The fourth-order valence-electron chi connectivity index (χ4n) is 3.31. The van der Waals surface area contributed by atoms with Crippen LogP contribution in [0.5, 0.6) is 0 Å². The molecule has 0 amide bonds. The molecule has 0 rings (SSSR count). The molecule has 0 bridgehead atoms. The Morgan fingerprint density at radius 3 is 1.24 bits per heavy atom. The van der Waals surface area contributed by atoms with E-state index >= 15 is 0 Å². The predicted molar refractivity (Wildman–Crippen MR) is 133 cm³/mol. The van der Waals surface area contributed by atoms with Gasteiger partial charge in [0.05, 0.1) is 0 Å². The number of unbranched alkanes of at least 4 members (excludes halogenated alkanes) is 8. The van der Waals surface area contributed by atoms with Crippen LogP contribution in [0, 0.1) is 11.8 Å². The second kappa shape index (κ2) is 21.7. The van der Waals surface area contributed by atoms with Gasteiger partial charge in [-0.2, -0.15) is 0 Å². The van der Waals surface area contributed by atoms with Gasteiger partial charge in [0.25, 0.3) is 0 Å². The molecule has 0 aliphatic carbocycles. The van der Waals surface area contributed by atoms with Crippen molar-refractivity contribution in [2.45, 2.75) is 137 Å². The first-order valence-electron chi connectivity index (χ1n) is 13.2. The molecule has 0 aliphatic rings. The van der Waals surface area contributed by atoms with Crippen molar-refractivity contribution in [3.8, 4) is 0 Å². The van der Waals surface area contributed by atoms with E-state index in [1.807, 2.05) is 0 Å². The van der Waals surface area contributed by atoms with Crippen LogP contribution in [-0.4, -0.2) is 39.4 Å². The number of rotatable bonds is 21. The van der Waals surface area contributed by atoms with Crippen LogP contribution in [0.3, 0.4) is 0 Å². The van der Waals surface area contributed by atoms with Crippen LogP contribution in [0.25, 0.3) is 0 Å². The maximum atomic E-state index is 12.3. The molecule has 0 saturated carbocycles. The van der Waals surface area contributed by atoms with Crippen molar-refractivity contribution in [3.63, 3.8) is 0 Å². The molecule has 0 N–H and O–H groups in total. The molecule has 194 valence electrons. The Morgan fingerprint density at radius 1 is 0.545 bits per heavy atom. The standard InChI is InChI=1S/C10H20O2.2C8H16O2.Sb/c1-2-3-4-5-6-7-8-9-10(11)12;2*1-7(2)5-3-4-6-8(9)10;/h2-9H2,1H3,(H,11,12);2*7H,3-6H2,1-2H3,(H,9,10);/q;;;+3/p-3. The van der Waals surface area contributed by atoms with E-state index < -0.39 is 39.4 Å². The third-order valence-electron chi connectivity index (χ3n) is 5.34. The Balaban J connectivity index is 4.46. The normalized spacial score (nSPS) is 11.3. The minimum atomic E-state index is -3.68. The van der Waals surface area contributed by atoms with Crippen molar-refractivity contribution in [1.29, 1.82) is 0 Å². The summed E-state index contributed by atoms with van der Waals surface area (Å²) in [5.74, 6) is -0.103.